The second-order valence-corrected chi connectivity index (χ2v) is 3.51. The molecule has 0 aliphatic rings. The predicted octanol–water partition coefficient (Wildman–Crippen LogP) is 2.03. The number of nitrogens with one attached hydrogen (secondary N) is 1. The standard InChI is InChI=1S/C11H10N4/c1-8-7-12-14-11(8)9-3-2-6-15-10(9)4-5-13-15/h2-7H,1H3,(H,12,14). The van der Waals surface area contributed by atoms with Crippen molar-refractivity contribution in [1.82, 2.24) is 19.8 Å². The first-order chi connectivity index (χ1) is 7.36. The average Bonchev–Trinajstić information content (AvgIpc) is 2.85. The van der Waals surface area contributed by atoms with E-state index in [1.165, 1.54) is 0 Å². The molecule has 0 spiro atoms. The molecule has 3 aromatic heterocycles. The first kappa shape index (κ1) is 8.23. The smallest absolute Gasteiger partial charge is 0.0755 e. The summed E-state index contributed by atoms with van der Waals surface area (Å²) in [5, 5.41) is 11.2. The van der Waals surface area contributed by atoms with Crippen LogP contribution in [-0.2, 0) is 0 Å². The minimum absolute atomic E-state index is 1.06. The van der Waals surface area contributed by atoms with Crippen molar-refractivity contribution in [3.05, 3.63) is 42.4 Å². The average molecular weight is 198 g/mol. The Bertz CT molecular complexity index is 606. The van der Waals surface area contributed by atoms with Crippen LogP contribution in [0.25, 0.3) is 16.8 Å². The number of rotatable bonds is 1. The van der Waals surface area contributed by atoms with E-state index in [0.29, 0.717) is 0 Å². The van der Waals surface area contributed by atoms with E-state index in [4.69, 9.17) is 0 Å². The van der Waals surface area contributed by atoms with Gasteiger partial charge in [-0.25, -0.2) is 4.52 Å². The molecule has 0 saturated heterocycles. The third kappa shape index (κ3) is 1.15. The third-order valence-corrected chi connectivity index (χ3v) is 2.53. The lowest BCUT2D eigenvalue weighted by Gasteiger charge is -2.02. The maximum absolute atomic E-state index is 4.20. The number of hydrogen-bond donors (Lipinski definition) is 1. The molecule has 0 fully saturated rings. The molecule has 0 saturated carbocycles. The lowest BCUT2D eigenvalue weighted by molar-refractivity contribution is 0.961. The Kier molecular flexibility index (Phi) is 1.62. The molecule has 4 nitrogen and oxygen atoms in total. The van der Waals surface area contributed by atoms with E-state index in [1.54, 1.807) is 6.20 Å². The van der Waals surface area contributed by atoms with Crippen LogP contribution >= 0.6 is 0 Å². The Morgan fingerprint density at radius 1 is 1.33 bits per heavy atom. The molecule has 0 aliphatic heterocycles. The molecule has 0 atom stereocenters. The van der Waals surface area contributed by atoms with E-state index in [0.717, 1.165) is 22.3 Å². The molecule has 0 aliphatic carbocycles. The van der Waals surface area contributed by atoms with Gasteiger partial charge in [0.05, 0.1) is 23.6 Å². The first-order valence-corrected chi connectivity index (χ1v) is 4.79. The summed E-state index contributed by atoms with van der Waals surface area (Å²) in [5.74, 6) is 0. The number of fused-ring (bicyclic) bond motifs is 1. The molecule has 0 aromatic carbocycles. The molecular formula is C11H10N4. The molecule has 3 rings (SSSR count). The zero-order valence-corrected chi connectivity index (χ0v) is 8.31. The molecule has 4 heteroatoms. The van der Waals surface area contributed by atoms with Crippen LogP contribution < -0.4 is 0 Å². The van der Waals surface area contributed by atoms with E-state index in [1.807, 2.05) is 36.0 Å². The van der Waals surface area contributed by atoms with Gasteiger partial charge < -0.3 is 0 Å². The molecule has 0 unspecified atom stereocenters. The third-order valence-electron chi connectivity index (χ3n) is 2.53. The summed E-state index contributed by atoms with van der Waals surface area (Å²) in [6, 6.07) is 6.04. The van der Waals surface area contributed by atoms with Crippen molar-refractivity contribution in [1.29, 1.82) is 0 Å². The van der Waals surface area contributed by atoms with Gasteiger partial charge in [0, 0.05) is 11.8 Å². The molecule has 74 valence electrons. The van der Waals surface area contributed by atoms with Gasteiger partial charge in [-0.3, -0.25) is 5.10 Å². The van der Waals surface area contributed by atoms with Gasteiger partial charge in [-0.15, -0.1) is 0 Å². The molecule has 3 aromatic rings. The Morgan fingerprint density at radius 3 is 3.07 bits per heavy atom. The summed E-state index contributed by atoms with van der Waals surface area (Å²) in [5.41, 5.74) is 4.42. The summed E-state index contributed by atoms with van der Waals surface area (Å²) in [6.07, 6.45) is 5.56. The molecule has 3 heterocycles. The first-order valence-electron chi connectivity index (χ1n) is 4.79. The number of aromatic amines is 1. The largest absolute Gasteiger partial charge is 0.277 e. The Morgan fingerprint density at radius 2 is 2.27 bits per heavy atom. The van der Waals surface area contributed by atoms with Gasteiger partial charge in [0.2, 0.25) is 0 Å². The summed E-state index contributed by atoms with van der Waals surface area (Å²) < 4.78 is 1.86. The van der Waals surface area contributed by atoms with Gasteiger partial charge >= 0.3 is 0 Å². The van der Waals surface area contributed by atoms with Crippen LogP contribution in [-0.4, -0.2) is 19.8 Å². The van der Waals surface area contributed by atoms with E-state index >= 15 is 0 Å². The number of H-pyrrole nitrogens is 1. The quantitative estimate of drug-likeness (QED) is 0.650. The van der Waals surface area contributed by atoms with Crippen LogP contribution in [0.2, 0.25) is 0 Å². The van der Waals surface area contributed by atoms with Crippen LogP contribution in [0.3, 0.4) is 0 Å². The number of nitrogens with zero attached hydrogens (tertiary/aromatic N) is 3. The number of pyridine rings is 1. The van der Waals surface area contributed by atoms with Crippen molar-refractivity contribution in [2.75, 3.05) is 0 Å². The van der Waals surface area contributed by atoms with Crippen molar-refractivity contribution in [2.24, 2.45) is 0 Å². The Hall–Kier alpha value is -2.10. The minimum atomic E-state index is 1.06. The van der Waals surface area contributed by atoms with Crippen LogP contribution in [0.1, 0.15) is 5.56 Å². The van der Waals surface area contributed by atoms with Gasteiger partial charge in [-0.05, 0) is 30.7 Å². The zero-order chi connectivity index (χ0) is 10.3. The lowest BCUT2D eigenvalue weighted by Crippen LogP contribution is -1.89. The summed E-state index contributed by atoms with van der Waals surface area (Å²) in [7, 11) is 0. The summed E-state index contributed by atoms with van der Waals surface area (Å²) in [4.78, 5) is 0. The predicted molar refractivity (Wildman–Crippen MR) is 57.5 cm³/mol. The number of aryl methyl sites for hydroxylation is 1. The maximum atomic E-state index is 4.20. The highest BCUT2D eigenvalue weighted by molar-refractivity contribution is 5.79. The van der Waals surface area contributed by atoms with Gasteiger partial charge in [-0.2, -0.15) is 10.2 Å². The molecular weight excluding hydrogens is 188 g/mol. The van der Waals surface area contributed by atoms with Gasteiger partial charge in [0.15, 0.2) is 0 Å². The summed E-state index contributed by atoms with van der Waals surface area (Å²) >= 11 is 0. The highest BCUT2D eigenvalue weighted by Crippen LogP contribution is 2.24. The van der Waals surface area contributed by atoms with Crippen molar-refractivity contribution < 1.29 is 0 Å². The van der Waals surface area contributed by atoms with Crippen molar-refractivity contribution in [3.8, 4) is 11.3 Å². The second-order valence-electron chi connectivity index (χ2n) is 3.51. The second kappa shape index (κ2) is 2.95. The van der Waals surface area contributed by atoms with Crippen molar-refractivity contribution in [3.63, 3.8) is 0 Å². The molecule has 0 bridgehead atoms. The van der Waals surface area contributed by atoms with Gasteiger partial charge in [0.25, 0.3) is 0 Å². The molecule has 1 N–H and O–H groups in total. The normalized spacial score (nSPS) is 11.0. The fourth-order valence-corrected chi connectivity index (χ4v) is 1.78. The van der Waals surface area contributed by atoms with E-state index in [2.05, 4.69) is 21.4 Å². The number of aromatic nitrogens is 4. The zero-order valence-electron chi connectivity index (χ0n) is 8.31. The minimum Gasteiger partial charge on any atom is -0.277 e. The van der Waals surface area contributed by atoms with Gasteiger partial charge in [-0.1, -0.05) is 0 Å². The Balaban J connectivity index is 2.36. The lowest BCUT2D eigenvalue weighted by atomic mass is 10.1. The highest BCUT2D eigenvalue weighted by Gasteiger charge is 2.07. The number of hydrogen-bond acceptors (Lipinski definition) is 2. The topological polar surface area (TPSA) is 46.0 Å². The van der Waals surface area contributed by atoms with Crippen molar-refractivity contribution >= 4 is 5.52 Å². The van der Waals surface area contributed by atoms with Crippen LogP contribution in [0.15, 0.2) is 36.8 Å². The van der Waals surface area contributed by atoms with E-state index in [-0.39, 0.29) is 0 Å². The monoisotopic (exact) mass is 198 g/mol. The fourth-order valence-electron chi connectivity index (χ4n) is 1.78. The fraction of sp³-hybridized carbons (Fsp3) is 0.0909. The molecule has 0 amide bonds. The SMILES string of the molecule is Cc1cn[nH]c1-c1cccn2nccc12. The van der Waals surface area contributed by atoms with E-state index in [9.17, 15) is 0 Å². The van der Waals surface area contributed by atoms with E-state index < -0.39 is 0 Å². The molecule has 15 heavy (non-hydrogen) atoms. The molecule has 0 radical (unpaired) electrons. The van der Waals surface area contributed by atoms with Gasteiger partial charge in [0.1, 0.15) is 0 Å². The van der Waals surface area contributed by atoms with Crippen LogP contribution in [0.4, 0.5) is 0 Å². The van der Waals surface area contributed by atoms with Crippen molar-refractivity contribution in [2.45, 2.75) is 6.92 Å². The maximum Gasteiger partial charge on any atom is 0.0755 e. The highest BCUT2D eigenvalue weighted by atomic mass is 15.2. The Labute approximate surface area is 86.6 Å². The van der Waals surface area contributed by atoms with Crippen LogP contribution in [0.5, 0.6) is 0 Å². The van der Waals surface area contributed by atoms with Crippen LogP contribution in [0, 0.1) is 6.92 Å². The summed E-state index contributed by atoms with van der Waals surface area (Å²) in [6.45, 7) is 2.04.